The van der Waals surface area contributed by atoms with Crippen LogP contribution in [0, 0.1) is 6.92 Å². The zero-order valence-electron chi connectivity index (χ0n) is 20.7. The Bertz CT molecular complexity index is 1440. The van der Waals surface area contributed by atoms with Crippen molar-refractivity contribution in [3.05, 3.63) is 83.7 Å². The van der Waals surface area contributed by atoms with Gasteiger partial charge >= 0.3 is 0 Å². The lowest BCUT2D eigenvalue weighted by Gasteiger charge is -2.21. The first-order valence-corrected chi connectivity index (χ1v) is 14.3. The summed E-state index contributed by atoms with van der Waals surface area (Å²) in [4.78, 5) is 24.6. The predicted molar refractivity (Wildman–Crippen MR) is 145 cm³/mol. The Morgan fingerprint density at radius 3 is 2.47 bits per heavy atom. The first-order chi connectivity index (χ1) is 17.3. The number of fused-ring (bicyclic) bond motifs is 1. The Balaban J connectivity index is 1.66. The molecule has 0 aliphatic rings. The molecule has 0 fully saturated rings. The summed E-state index contributed by atoms with van der Waals surface area (Å²) in [5.74, 6) is -0.265. The number of amides is 1. The summed E-state index contributed by atoms with van der Waals surface area (Å²) in [6.45, 7) is 7.01. The van der Waals surface area contributed by atoms with Crippen molar-refractivity contribution in [3.8, 4) is 0 Å². The summed E-state index contributed by atoms with van der Waals surface area (Å²) in [7, 11) is -3.62. The Morgan fingerprint density at radius 1 is 1.03 bits per heavy atom. The van der Waals surface area contributed by atoms with E-state index < -0.39 is 10.0 Å². The van der Waals surface area contributed by atoms with Crippen molar-refractivity contribution in [2.45, 2.75) is 45.1 Å². The maximum absolute atomic E-state index is 13.7. The van der Waals surface area contributed by atoms with Gasteiger partial charge in [-0.2, -0.15) is 4.31 Å². The lowest BCUT2D eigenvalue weighted by atomic mass is 10.2. The van der Waals surface area contributed by atoms with E-state index in [-0.39, 0.29) is 17.3 Å². The molecule has 0 spiro atoms. The number of pyridine rings is 1. The molecule has 0 atom stereocenters. The highest BCUT2D eigenvalue weighted by Gasteiger charge is 2.25. The average Bonchev–Trinajstić information content (AvgIpc) is 3.31. The number of thiazole rings is 1. The van der Waals surface area contributed by atoms with Gasteiger partial charge in [-0.05, 0) is 67.4 Å². The van der Waals surface area contributed by atoms with Gasteiger partial charge in [0.2, 0.25) is 10.0 Å². The van der Waals surface area contributed by atoms with Gasteiger partial charge in [-0.1, -0.05) is 43.7 Å². The van der Waals surface area contributed by atoms with Crippen molar-refractivity contribution in [2.24, 2.45) is 0 Å². The number of sulfonamides is 1. The van der Waals surface area contributed by atoms with Crippen LogP contribution in [0.4, 0.5) is 5.13 Å². The first-order valence-electron chi connectivity index (χ1n) is 12.0. The number of nitrogens with zero attached hydrogens (tertiary/aromatic N) is 4. The third kappa shape index (κ3) is 5.64. The minimum absolute atomic E-state index is 0.184. The molecule has 36 heavy (non-hydrogen) atoms. The molecule has 0 saturated carbocycles. The van der Waals surface area contributed by atoms with Crippen LogP contribution in [0.3, 0.4) is 0 Å². The highest BCUT2D eigenvalue weighted by Crippen LogP contribution is 2.31. The molecule has 0 unspecified atom stereocenters. The number of hydrogen-bond acceptors (Lipinski definition) is 6. The summed E-state index contributed by atoms with van der Waals surface area (Å²) in [5.41, 5.74) is 3.07. The molecule has 4 rings (SSSR count). The van der Waals surface area contributed by atoms with E-state index in [0.29, 0.717) is 23.8 Å². The van der Waals surface area contributed by atoms with Crippen molar-refractivity contribution in [2.75, 3.05) is 18.0 Å². The van der Waals surface area contributed by atoms with E-state index >= 15 is 0 Å². The lowest BCUT2D eigenvalue weighted by Crippen LogP contribution is -2.32. The van der Waals surface area contributed by atoms with Crippen LogP contribution < -0.4 is 4.90 Å². The standard InChI is InChI=1S/C27H30N4O3S2/c1-4-6-17-30(5-2)36(33,34)23-13-11-21(12-14-23)26(32)31(19-22-9-7-8-16-28-22)27-29-24-15-10-20(3)18-25(24)35-27/h7-16,18H,4-6,17,19H2,1-3H3. The molecule has 2 aromatic carbocycles. The molecule has 0 N–H and O–H groups in total. The highest BCUT2D eigenvalue weighted by molar-refractivity contribution is 7.89. The molecule has 2 aromatic heterocycles. The number of aryl methyl sites for hydroxylation is 1. The topological polar surface area (TPSA) is 83.5 Å². The molecule has 2 heterocycles. The van der Waals surface area contributed by atoms with E-state index in [1.54, 1.807) is 23.2 Å². The fourth-order valence-corrected chi connectivity index (χ4v) is 6.42. The largest absolute Gasteiger partial charge is 0.278 e. The predicted octanol–water partition coefficient (Wildman–Crippen LogP) is 5.66. The Labute approximate surface area is 216 Å². The van der Waals surface area contributed by atoms with Crippen molar-refractivity contribution < 1.29 is 13.2 Å². The summed E-state index contributed by atoms with van der Waals surface area (Å²) in [6.07, 6.45) is 3.40. The van der Waals surface area contributed by atoms with E-state index in [4.69, 9.17) is 4.98 Å². The molecule has 4 aromatic rings. The number of carbonyl (C=O) groups excluding carboxylic acids is 1. The van der Waals surface area contributed by atoms with Crippen LogP contribution in [0.15, 0.2) is 71.8 Å². The Morgan fingerprint density at radius 2 is 1.81 bits per heavy atom. The van der Waals surface area contributed by atoms with Crippen molar-refractivity contribution >= 4 is 42.6 Å². The molecule has 0 aliphatic heterocycles. The molecule has 188 valence electrons. The highest BCUT2D eigenvalue weighted by atomic mass is 32.2. The third-order valence-electron chi connectivity index (χ3n) is 5.91. The quantitative estimate of drug-likeness (QED) is 0.268. The Kier molecular flexibility index (Phi) is 8.13. The number of unbranched alkanes of at least 4 members (excludes halogenated alkanes) is 1. The number of anilines is 1. The molecule has 0 saturated heterocycles. The fraction of sp³-hybridized carbons (Fsp3) is 0.296. The van der Waals surface area contributed by atoms with Gasteiger partial charge in [0, 0.05) is 24.8 Å². The van der Waals surface area contributed by atoms with Gasteiger partial charge in [-0.15, -0.1) is 0 Å². The smallest absolute Gasteiger partial charge is 0.260 e. The van der Waals surface area contributed by atoms with Gasteiger partial charge in [-0.25, -0.2) is 13.4 Å². The Hall–Kier alpha value is -3.14. The van der Waals surface area contributed by atoms with Gasteiger partial charge in [0.1, 0.15) is 0 Å². The second kappa shape index (κ2) is 11.3. The molecule has 7 nitrogen and oxygen atoms in total. The van der Waals surface area contributed by atoms with Crippen LogP contribution in [0.25, 0.3) is 10.2 Å². The summed E-state index contributed by atoms with van der Waals surface area (Å²) in [5, 5.41) is 0.569. The summed E-state index contributed by atoms with van der Waals surface area (Å²) >= 11 is 1.45. The van der Waals surface area contributed by atoms with Crippen molar-refractivity contribution in [1.82, 2.24) is 14.3 Å². The minimum Gasteiger partial charge on any atom is -0.278 e. The van der Waals surface area contributed by atoms with Crippen LogP contribution in [0.2, 0.25) is 0 Å². The SMILES string of the molecule is CCCCN(CC)S(=O)(=O)c1ccc(C(=O)N(Cc2ccccn2)c2nc3ccc(C)cc3s2)cc1. The van der Waals surface area contributed by atoms with Gasteiger partial charge in [0.15, 0.2) is 5.13 Å². The molecular weight excluding hydrogens is 492 g/mol. The van der Waals surface area contributed by atoms with Crippen LogP contribution in [0.5, 0.6) is 0 Å². The molecule has 0 bridgehead atoms. The number of aromatic nitrogens is 2. The molecule has 1 amide bonds. The number of benzene rings is 2. The zero-order valence-corrected chi connectivity index (χ0v) is 22.3. The number of carbonyl (C=O) groups is 1. The van der Waals surface area contributed by atoms with E-state index in [0.717, 1.165) is 34.3 Å². The number of hydrogen-bond donors (Lipinski definition) is 0. The molecule has 0 aliphatic carbocycles. The van der Waals surface area contributed by atoms with Crippen LogP contribution in [-0.4, -0.2) is 41.7 Å². The van der Waals surface area contributed by atoms with Crippen molar-refractivity contribution in [1.29, 1.82) is 0 Å². The minimum atomic E-state index is -3.62. The van der Waals surface area contributed by atoms with E-state index in [1.165, 1.54) is 27.8 Å². The third-order valence-corrected chi connectivity index (χ3v) is 8.94. The summed E-state index contributed by atoms with van der Waals surface area (Å²) < 4.78 is 28.6. The molecule has 0 radical (unpaired) electrons. The fourth-order valence-electron chi connectivity index (χ4n) is 3.87. The summed E-state index contributed by atoms with van der Waals surface area (Å²) in [6, 6.07) is 17.7. The van der Waals surface area contributed by atoms with Gasteiger partial charge in [-0.3, -0.25) is 14.7 Å². The maximum Gasteiger partial charge on any atom is 0.260 e. The second-order valence-electron chi connectivity index (χ2n) is 8.55. The van der Waals surface area contributed by atoms with Gasteiger partial charge < -0.3 is 0 Å². The lowest BCUT2D eigenvalue weighted by molar-refractivity contribution is 0.0984. The zero-order chi connectivity index (χ0) is 25.7. The van der Waals surface area contributed by atoms with E-state index in [1.807, 2.05) is 51.1 Å². The molecule has 9 heteroatoms. The maximum atomic E-state index is 13.7. The second-order valence-corrected chi connectivity index (χ2v) is 11.5. The first kappa shape index (κ1) is 25.9. The van der Waals surface area contributed by atoms with Gasteiger partial charge in [0.25, 0.3) is 5.91 Å². The number of rotatable bonds is 10. The van der Waals surface area contributed by atoms with E-state index in [2.05, 4.69) is 11.1 Å². The average molecular weight is 523 g/mol. The van der Waals surface area contributed by atoms with Crippen LogP contribution >= 0.6 is 11.3 Å². The van der Waals surface area contributed by atoms with E-state index in [9.17, 15) is 13.2 Å². The normalized spacial score (nSPS) is 11.8. The van der Waals surface area contributed by atoms with Crippen LogP contribution in [0.1, 0.15) is 48.3 Å². The van der Waals surface area contributed by atoms with Crippen molar-refractivity contribution in [3.63, 3.8) is 0 Å². The monoisotopic (exact) mass is 522 g/mol. The van der Waals surface area contributed by atoms with Crippen LogP contribution in [-0.2, 0) is 16.6 Å². The molecular formula is C27H30N4O3S2. The van der Waals surface area contributed by atoms with Gasteiger partial charge in [0.05, 0.1) is 27.4 Å².